The molecule has 0 bridgehead atoms. The Hall–Kier alpha value is -2.12. The minimum atomic E-state index is -1.61. The van der Waals surface area contributed by atoms with Gasteiger partial charge in [-0.05, 0) is 77.0 Å². The van der Waals surface area contributed by atoms with Gasteiger partial charge in [0.1, 0.15) is 24.4 Å². The maximum Gasteiger partial charge on any atom is 0.306 e. The summed E-state index contributed by atoms with van der Waals surface area (Å²) in [5.41, 5.74) is 0. The Morgan fingerprint density at radius 3 is 1.24 bits per heavy atom. The van der Waals surface area contributed by atoms with Gasteiger partial charge in [-0.2, -0.15) is 0 Å². The molecule has 0 aromatic rings. The number of carbonyl (C=O) groups is 2. The van der Waals surface area contributed by atoms with E-state index in [9.17, 15) is 35.1 Å². The molecule has 8 atom stereocenters. The van der Waals surface area contributed by atoms with Gasteiger partial charge in [-0.3, -0.25) is 9.59 Å². The molecule has 1 rings (SSSR count). The van der Waals surface area contributed by atoms with Crippen LogP contribution >= 0.6 is 0 Å². The maximum atomic E-state index is 13.4. The third-order valence-electron chi connectivity index (χ3n) is 15.8. The van der Waals surface area contributed by atoms with Crippen molar-refractivity contribution in [3.05, 3.63) is 36.5 Å². The highest BCUT2D eigenvalue weighted by Crippen LogP contribution is 2.26. The van der Waals surface area contributed by atoms with Crippen LogP contribution in [0.3, 0.4) is 0 Å². The number of allylic oxidation sites excluding steroid dienone is 5. The van der Waals surface area contributed by atoms with Gasteiger partial charge in [0.25, 0.3) is 0 Å². The summed E-state index contributed by atoms with van der Waals surface area (Å²) in [4.78, 5) is 26.6. The van der Waals surface area contributed by atoms with E-state index in [1.165, 1.54) is 205 Å². The van der Waals surface area contributed by atoms with E-state index in [1.54, 1.807) is 6.08 Å². The van der Waals surface area contributed by atoms with Gasteiger partial charge < -0.3 is 45.1 Å². The Morgan fingerprint density at radius 1 is 0.487 bits per heavy atom. The smallest absolute Gasteiger partial charge is 0.306 e. The molecule has 458 valence electrons. The van der Waals surface area contributed by atoms with Crippen LogP contribution < -0.4 is 5.32 Å². The number of ether oxygens (including phenoxy) is 3. The molecule has 0 saturated carbocycles. The van der Waals surface area contributed by atoms with Crippen molar-refractivity contribution in [2.75, 3.05) is 13.2 Å². The molecule has 0 radical (unpaired) electrons. The number of hydrogen-bond acceptors (Lipinski definition) is 10. The number of nitrogens with one attached hydrogen (secondary N) is 1. The quantitative estimate of drug-likeness (QED) is 0.0195. The molecule has 0 aromatic carbocycles. The molecule has 1 amide bonds. The summed E-state index contributed by atoms with van der Waals surface area (Å²) in [5, 5.41) is 57.1. The van der Waals surface area contributed by atoms with Crippen LogP contribution in [-0.2, 0) is 23.8 Å². The topological polar surface area (TPSA) is 175 Å². The van der Waals surface area contributed by atoms with E-state index < -0.39 is 67.4 Å². The molecule has 1 fully saturated rings. The van der Waals surface area contributed by atoms with Crippen LogP contribution in [0, 0.1) is 0 Å². The second-order valence-electron chi connectivity index (χ2n) is 23.2. The van der Waals surface area contributed by atoms with Crippen LogP contribution in [0.15, 0.2) is 36.5 Å². The second kappa shape index (κ2) is 55.4. The van der Waals surface area contributed by atoms with Gasteiger partial charge in [-0.1, -0.05) is 269 Å². The van der Waals surface area contributed by atoms with Crippen LogP contribution in [0.1, 0.15) is 316 Å². The van der Waals surface area contributed by atoms with Gasteiger partial charge >= 0.3 is 5.97 Å². The summed E-state index contributed by atoms with van der Waals surface area (Å²) < 4.78 is 17.7. The fraction of sp³-hybridized carbons (Fsp3) is 0.881. The average molecular weight is 1100 g/mol. The Bertz CT molecular complexity index is 1410. The van der Waals surface area contributed by atoms with Crippen LogP contribution in [0.25, 0.3) is 0 Å². The molecule has 1 heterocycles. The second-order valence-corrected chi connectivity index (χ2v) is 23.2. The summed E-state index contributed by atoms with van der Waals surface area (Å²) >= 11 is 0. The largest absolute Gasteiger partial charge is 0.454 e. The lowest BCUT2D eigenvalue weighted by atomic mass is 9.99. The molecule has 6 N–H and O–H groups in total. The number of aliphatic hydroxyl groups excluding tert-OH is 5. The van der Waals surface area contributed by atoms with Crippen molar-refractivity contribution >= 4 is 11.9 Å². The van der Waals surface area contributed by atoms with Gasteiger partial charge in [0.05, 0.1) is 25.4 Å². The van der Waals surface area contributed by atoms with E-state index in [4.69, 9.17) is 14.2 Å². The number of hydrogen-bond donors (Lipinski definition) is 6. The minimum Gasteiger partial charge on any atom is -0.454 e. The first kappa shape index (κ1) is 73.9. The molecule has 11 heteroatoms. The Labute approximate surface area is 479 Å². The standard InChI is InChI=1S/C67H125NO10/c1-4-7-10-13-16-19-22-25-27-29-31-33-35-37-40-43-46-49-52-55-62(72)78-65-64(74)63(73)61(56-69)77-67(65)76-57-58(59(70)53-50-47-44-41-38-24-21-18-15-12-9-6-3)68-66(75)60(71)54-51-48-45-42-39-36-34-32-30-28-26-23-20-17-14-11-8-5-2/h25-28,50,53,58-61,63-65,67,69-71,73-74H,4-24,29-49,51-52,54-57H2,1-3H3,(H,68,75)/b27-25+,28-26+,53-50+. The molecule has 8 unspecified atom stereocenters. The average Bonchev–Trinajstić information content (AvgIpc) is 3.45. The highest BCUT2D eigenvalue weighted by molar-refractivity contribution is 5.80. The van der Waals surface area contributed by atoms with Gasteiger partial charge in [0, 0.05) is 6.42 Å². The lowest BCUT2D eigenvalue weighted by molar-refractivity contribution is -0.305. The molecule has 1 aliphatic rings. The number of carbonyl (C=O) groups excluding carboxylic acids is 2. The van der Waals surface area contributed by atoms with Gasteiger partial charge in [-0.15, -0.1) is 0 Å². The fourth-order valence-corrected chi connectivity index (χ4v) is 10.5. The summed E-state index contributed by atoms with van der Waals surface area (Å²) in [6.07, 6.45) is 56.1. The number of rotatable bonds is 57. The summed E-state index contributed by atoms with van der Waals surface area (Å²) in [6.45, 7) is 5.81. The van der Waals surface area contributed by atoms with E-state index in [0.29, 0.717) is 19.3 Å². The van der Waals surface area contributed by atoms with Crippen molar-refractivity contribution < 1.29 is 49.3 Å². The first-order valence-corrected chi connectivity index (χ1v) is 33.3. The van der Waals surface area contributed by atoms with Crippen molar-refractivity contribution in [1.29, 1.82) is 0 Å². The van der Waals surface area contributed by atoms with Crippen LogP contribution in [-0.4, -0.2) is 99.6 Å². The molecule has 0 aromatic heterocycles. The van der Waals surface area contributed by atoms with Crippen molar-refractivity contribution in [2.45, 2.75) is 365 Å². The normalized spacial score (nSPS) is 19.1. The Balaban J connectivity index is 2.63. The zero-order valence-corrected chi connectivity index (χ0v) is 50.8. The Kier molecular flexibility index (Phi) is 52.5. The molecule has 1 saturated heterocycles. The van der Waals surface area contributed by atoms with Gasteiger partial charge in [0.2, 0.25) is 5.91 Å². The molecule has 11 nitrogen and oxygen atoms in total. The maximum absolute atomic E-state index is 13.4. The number of esters is 1. The molecule has 0 spiro atoms. The summed E-state index contributed by atoms with van der Waals surface area (Å²) in [5.74, 6) is -1.19. The number of aliphatic hydroxyl groups is 5. The van der Waals surface area contributed by atoms with Gasteiger partial charge in [0.15, 0.2) is 12.4 Å². The van der Waals surface area contributed by atoms with Crippen molar-refractivity contribution in [2.24, 2.45) is 0 Å². The van der Waals surface area contributed by atoms with Crippen molar-refractivity contribution in [3.63, 3.8) is 0 Å². The molecular weight excluding hydrogens is 979 g/mol. The first-order valence-electron chi connectivity index (χ1n) is 33.3. The third-order valence-corrected chi connectivity index (χ3v) is 15.8. The molecule has 0 aliphatic carbocycles. The van der Waals surface area contributed by atoms with E-state index >= 15 is 0 Å². The van der Waals surface area contributed by atoms with Gasteiger partial charge in [-0.25, -0.2) is 0 Å². The molecule has 78 heavy (non-hydrogen) atoms. The lowest BCUT2D eigenvalue weighted by Crippen LogP contribution is -2.61. The predicted molar refractivity (Wildman–Crippen MR) is 324 cm³/mol. The van der Waals surface area contributed by atoms with E-state index in [-0.39, 0.29) is 13.0 Å². The summed E-state index contributed by atoms with van der Waals surface area (Å²) in [7, 11) is 0. The molecule has 1 aliphatic heterocycles. The van der Waals surface area contributed by atoms with E-state index in [2.05, 4.69) is 50.4 Å². The van der Waals surface area contributed by atoms with E-state index in [1.807, 2.05) is 6.08 Å². The van der Waals surface area contributed by atoms with E-state index in [0.717, 1.165) is 64.2 Å². The number of amides is 1. The lowest BCUT2D eigenvalue weighted by Gasteiger charge is -2.41. The SMILES string of the molecule is CCCCCCCC/C=C/CCCCCCCCCCCC(=O)OC1C(OCC(NC(=O)C(O)CCCCCCCCCC/C=C/CCCCCCCC)C(O)/C=C/CCCCCCCCCCCC)OC(CO)C(O)C1O. The fourth-order valence-electron chi connectivity index (χ4n) is 10.5. The zero-order valence-electron chi connectivity index (χ0n) is 50.8. The van der Waals surface area contributed by atoms with Crippen LogP contribution in [0.5, 0.6) is 0 Å². The minimum absolute atomic E-state index is 0.123. The number of unbranched alkanes of at least 4 members (excludes halogenated alkanes) is 39. The molecular formula is C67H125NO10. The summed E-state index contributed by atoms with van der Waals surface area (Å²) in [6, 6.07) is -1.02. The van der Waals surface area contributed by atoms with Crippen molar-refractivity contribution in [1.82, 2.24) is 5.32 Å². The highest BCUT2D eigenvalue weighted by atomic mass is 16.7. The van der Waals surface area contributed by atoms with Crippen LogP contribution in [0.4, 0.5) is 0 Å². The Morgan fingerprint density at radius 2 is 0.846 bits per heavy atom. The highest BCUT2D eigenvalue weighted by Gasteiger charge is 2.47. The first-order chi connectivity index (χ1) is 38.2. The van der Waals surface area contributed by atoms with Crippen molar-refractivity contribution in [3.8, 4) is 0 Å². The monoisotopic (exact) mass is 1100 g/mol. The predicted octanol–water partition coefficient (Wildman–Crippen LogP) is 16.2. The van der Waals surface area contributed by atoms with Crippen LogP contribution in [0.2, 0.25) is 0 Å². The zero-order chi connectivity index (χ0) is 56.8. The third kappa shape index (κ3) is 42.7.